The highest BCUT2D eigenvalue weighted by molar-refractivity contribution is 7.90. The first-order valence-corrected chi connectivity index (χ1v) is 7.63. The zero-order chi connectivity index (χ0) is 13.9. The van der Waals surface area contributed by atoms with Crippen molar-refractivity contribution in [2.24, 2.45) is 0 Å². The van der Waals surface area contributed by atoms with Crippen LogP contribution in [0.4, 0.5) is 10.1 Å². The number of halogens is 1. The molecule has 1 aromatic carbocycles. The maximum absolute atomic E-state index is 13.1. The molecule has 102 valence electrons. The SMILES string of the molecule is CC(O)c1cc(F)ccc1N(C)CCS(C)(=O)=O. The topological polar surface area (TPSA) is 57.6 Å². The lowest BCUT2D eigenvalue weighted by atomic mass is 10.1. The number of benzene rings is 1. The molecule has 0 amide bonds. The molecule has 6 heteroatoms. The predicted octanol–water partition coefficient (Wildman–Crippen LogP) is 1.36. The Hall–Kier alpha value is -1.14. The number of aliphatic hydroxyl groups excluding tert-OH is 1. The van der Waals surface area contributed by atoms with Gasteiger partial charge in [0.1, 0.15) is 15.7 Å². The van der Waals surface area contributed by atoms with Crippen molar-refractivity contribution in [2.45, 2.75) is 13.0 Å². The molecule has 1 N–H and O–H groups in total. The van der Waals surface area contributed by atoms with E-state index >= 15 is 0 Å². The van der Waals surface area contributed by atoms with Crippen LogP contribution in [0.15, 0.2) is 18.2 Å². The second-order valence-corrected chi connectivity index (χ2v) is 6.69. The van der Waals surface area contributed by atoms with Crippen molar-refractivity contribution < 1.29 is 17.9 Å². The van der Waals surface area contributed by atoms with Gasteiger partial charge >= 0.3 is 0 Å². The first-order valence-electron chi connectivity index (χ1n) is 5.57. The van der Waals surface area contributed by atoms with Crippen LogP contribution < -0.4 is 4.90 Å². The van der Waals surface area contributed by atoms with Crippen molar-refractivity contribution in [3.05, 3.63) is 29.6 Å². The van der Waals surface area contributed by atoms with Crippen LogP contribution in [0.2, 0.25) is 0 Å². The van der Waals surface area contributed by atoms with Crippen molar-refractivity contribution in [3.63, 3.8) is 0 Å². The molecule has 0 aliphatic heterocycles. The second-order valence-electron chi connectivity index (χ2n) is 4.43. The van der Waals surface area contributed by atoms with Gasteiger partial charge in [-0.1, -0.05) is 0 Å². The van der Waals surface area contributed by atoms with Crippen LogP contribution >= 0.6 is 0 Å². The van der Waals surface area contributed by atoms with Crippen molar-refractivity contribution in [2.75, 3.05) is 30.5 Å². The van der Waals surface area contributed by atoms with Gasteiger partial charge in [0.2, 0.25) is 0 Å². The molecular weight excluding hydrogens is 257 g/mol. The largest absolute Gasteiger partial charge is 0.389 e. The fourth-order valence-electron chi connectivity index (χ4n) is 1.63. The molecular formula is C12H18FNO3S. The molecule has 0 aliphatic rings. The van der Waals surface area contributed by atoms with Gasteiger partial charge in [0.15, 0.2) is 0 Å². The van der Waals surface area contributed by atoms with Crippen molar-refractivity contribution in [3.8, 4) is 0 Å². The Morgan fingerprint density at radius 1 is 1.44 bits per heavy atom. The van der Waals surface area contributed by atoms with Gasteiger partial charge in [0, 0.05) is 31.1 Å². The summed E-state index contributed by atoms with van der Waals surface area (Å²) in [6, 6.07) is 4.09. The Balaban J connectivity index is 2.95. The van der Waals surface area contributed by atoms with Gasteiger partial charge in [-0.15, -0.1) is 0 Å². The third kappa shape index (κ3) is 4.27. The van der Waals surface area contributed by atoms with Crippen LogP contribution in [0, 0.1) is 5.82 Å². The highest BCUT2D eigenvalue weighted by Gasteiger charge is 2.14. The highest BCUT2D eigenvalue weighted by atomic mass is 32.2. The lowest BCUT2D eigenvalue weighted by Gasteiger charge is -2.23. The number of anilines is 1. The molecule has 1 atom stereocenters. The van der Waals surface area contributed by atoms with Crippen LogP contribution in [0.3, 0.4) is 0 Å². The predicted molar refractivity (Wildman–Crippen MR) is 70.0 cm³/mol. The number of nitrogens with zero attached hydrogens (tertiary/aromatic N) is 1. The summed E-state index contributed by atoms with van der Waals surface area (Å²) in [5.74, 6) is -0.411. The summed E-state index contributed by atoms with van der Waals surface area (Å²) in [6.45, 7) is 1.84. The van der Waals surface area contributed by atoms with E-state index in [4.69, 9.17) is 0 Å². The van der Waals surface area contributed by atoms with Crippen LogP contribution in [0.25, 0.3) is 0 Å². The van der Waals surface area contributed by atoms with Crippen molar-refractivity contribution in [1.29, 1.82) is 0 Å². The first-order chi connectivity index (χ1) is 8.20. The average Bonchev–Trinajstić information content (AvgIpc) is 2.24. The molecule has 0 aliphatic carbocycles. The number of aliphatic hydroxyl groups is 1. The summed E-state index contributed by atoms with van der Waals surface area (Å²) in [5, 5.41) is 9.59. The molecule has 1 rings (SSSR count). The molecule has 0 fully saturated rings. The molecule has 0 heterocycles. The first kappa shape index (κ1) is 14.9. The van der Waals surface area contributed by atoms with Crippen molar-refractivity contribution >= 4 is 15.5 Å². The molecule has 18 heavy (non-hydrogen) atoms. The minimum atomic E-state index is -3.05. The molecule has 0 saturated heterocycles. The van der Waals surface area contributed by atoms with Crippen LogP contribution in [-0.4, -0.2) is 39.1 Å². The summed E-state index contributed by atoms with van der Waals surface area (Å²) in [6.07, 6.45) is 0.359. The lowest BCUT2D eigenvalue weighted by molar-refractivity contribution is 0.199. The standard InChI is InChI=1S/C12H18FNO3S/c1-9(15)11-8-10(13)4-5-12(11)14(2)6-7-18(3,16)17/h4-5,8-9,15H,6-7H2,1-3H3. The van der Waals surface area contributed by atoms with E-state index in [1.54, 1.807) is 24.9 Å². The molecule has 4 nitrogen and oxygen atoms in total. The van der Waals surface area contributed by atoms with Crippen molar-refractivity contribution in [1.82, 2.24) is 0 Å². The molecule has 0 aromatic heterocycles. The fourth-order valence-corrected chi connectivity index (χ4v) is 2.24. The van der Waals surface area contributed by atoms with E-state index < -0.39 is 21.8 Å². The zero-order valence-electron chi connectivity index (χ0n) is 10.7. The molecule has 1 unspecified atom stereocenters. The van der Waals surface area contributed by atoms with E-state index in [0.29, 0.717) is 17.8 Å². The van der Waals surface area contributed by atoms with E-state index in [2.05, 4.69) is 0 Å². The fraction of sp³-hybridized carbons (Fsp3) is 0.500. The normalized spacial score (nSPS) is 13.4. The molecule has 0 radical (unpaired) electrons. The maximum Gasteiger partial charge on any atom is 0.149 e. The number of rotatable bonds is 5. The van der Waals surface area contributed by atoms with E-state index in [1.807, 2.05) is 0 Å². The van der Waals surface area contributed by atoms with Gasteiger partial charge in [-0.2, -0.15) is 0 Å². The van der Waals surface area contributed by atoms with Gasteiger partial charge in [-0.05, 0) is 25.1 Å². The van der Waals surface area contributed by atoms with E-state index in [1.165, 1.54) is 18.4 Å². The minimum absolute atomic E-state index is 0.0140. The quantitative estimate of drug-likeness (QED) is 0.881. The summed E-state index contributed by atoms with van der Waals surface area (Å²) in [7, 11) is -1.33. The molecule has 0 spiro atoms. The van der Waals surface area contributed by atoms with E-state index in [9.17, 15) is 17.9 Å². The van der Waals surface area contributed by atoms with Gasteiger partial charge in [-0.25, -0.2) is 12.8 Å². The van der Waals surface area contributed by atoms with Gasteiger partial charge in [0.25, 0.3) is 0 Å². The van der Waals surface area contributed by atoms with E-state index in [0.717, 1.165) is 0 Å². The number of hydrogen-bond acceptors (Lipinski definition) is 4. The van der Waals surface area contributed by atoms with E-state index in [-0.39, 0.29) is 5.75 Å². The molecule has 1 aromatic rings. The number of sulfone groups is 1. The third-order valence-corrected chi connectivity index (χ3v) is 3.57. The van der Waals surface area contributed by atoms with Gasteiger partial charge in [-0.3, -0.25) is 0 Å². The monoisotopic (exact) mass is 275 g/mol. The third-order valence-electron chi connectivity index (χ3n) is 2.65. The Labute approximate surface area is 107 Å². The average molecular weight is 275 g/mol. The smallest absolute Gasteiger partial charge is 0.149 e. The summed E-state index contributed by atoms with van der Waals surface area (Å²) >= 11 is 0. The zero-order valence-corrected chi connectivity index (χ0v) is 11.5. The highest BCUT2D eigenvalue weighted by Crippen LogP contribution is 2.26. The van der Waals surface area contributed by atoms with Crippen LogP contribution in [-0.2, 0) is 9.84 Å². The Morgan fingerprint density at radius 3 is 2.56 bits per heavy atom. The molecule has 0 bridgehead atoms. The van der Waals surface area contributed by atoms with Crippen LogP contribution in [0.5, 0.6) is 0 Å². The minimum Gasteiger partial charge on any atom is -0.389 e. The Bertz CT molecular complexity index is 514. The summed E-state index contributed by atoms with van der Waals surface area (Å²) < 4.78 is 35.3. The maximum atomic E-state index is 13.1. The van der Waals surface area contributed by atoms with Gasteiger partial charge < -0.3 is 10.0 Å². The Kier molecular flexibility index (Phi) is 4.70. The Morgan fingerprint density at radius 2 is 2.06 bits per heavy atom. The number of hydrogen-bond donors (Lipinski definition) is 1. The lowest BCUT2D eigenvalue weighted by Crippen LogP contribution is -2.26. The van der Waals surface area contributed by atoms with Gasteiger partial charge in [0.05, 0.1) is 11.9 Å². The molecule has 0 saturated carbocycles. The summed E-state index contributed by atoms with van der Waals surface area (Å²) in [4.78, 5) is 1.70. The summed E-state index contributed by atoms with van der Waals surface area (Å²) in [5.41, 5.74) is 1.08. The second kappa shape index (κ2) is 5.67. The van der Waals surface area contributed by atoms with Crippen LogP contribution in [0.1, 0.15) is 18.6 Å².